The van der Waals surface area contributed by atoms with Gasteiger partial charge in [0.15, 0.2) is 6.10 Å². The Morgan fingerprint density at radius 3 is 1.07 bits per heavy atom. The molecule has 14 heteroatoms. The van der Waals surface area contributed by atoms with Crippen LogP contribution < -0.4 is 0 Å². The number of unbranched alkanes of at least 4 members (excludes halogenated alkanes) is 34. The molecule has 418 valence electrons. The van der Waals surface area contributed by atoms with E-state index in [1.807, 2.05) is 0 Å². The maximum atomic E-state index is 12.9. The molecule has 71 heavy (non-hydrogen) atoms. The first kappa shape index (κ1) is 67.3. The molecule has 0 aromatic heterocycles. The molecule has 0 aromatic carbocycles. The number of allylic oxidation sites excluding steroid dienone is 4. The van der Waals surface area contributed by atoms with Crippen molar-refractivity contribution in [1.82, 2.24) is 0 Å². The zero-order valence-electron chi connectivity index (χ0n) is 45.0. The van der Waals surface area contributed by atoms with Crippen molar-refractivity contribution < 1.29 is 63.1 Å². The number of phosphoric acid groups is 1. The Morgan fingerprint density at radius 2 is 0.718 bits per heavy atom. The van der Waals surface area contributed by atoms with Gasteiger partial charge in [-0.2, -0.15) is 0 Å². The molecule has 13 nitrogen and oxygen atoms in total. The summed E-state index contributed by atoms with van der Waals surface area (Å²) in [5, 5.41) is 50.4. The van der Waals surface area contributed by atoms with E-state index < -0.39 is 75.7 Å². The van der Waals surface area contributed by atoms with Crippen molar-refractivity contribution in [3.8, 4) is 0 Å². The largest absolute Gasteiger partial charge is 0.472 e. The number of aliphatic hydroxyl groups excluding tert-OH is 5. The quantitative estimate of drug-likeness (QED) is 0.0145. The summed E-state index contributed by atoms with van der Waals surface area (Å²) in [5.74, 6) is -1.09. The summed E-state index contributed by atoms with van der Waals surface area (Å²) in [5.41, 5.74) is 0. The zero-order chi connectivity index (χ0) is 52.1. The lowest BCUT2D eigenvalue weighted by atomic mass is 9.85. The normalized spacial score (nSPS) is 20.7. The Labute approximate surface area is 432 Å². The molecular weight excluding hydrogens is 924 g/mol. The average Bonchev–Trinajstić information content (AvgIpc) is 3.35. The fraction of sp³-hybridized carbons (Fsp3) is 0.895. The standard InChI is InChI=1S/C57H107O13P/c1-3-5-7-9-11-13-15-17-19-21-23-25-27-29-31-33-35-37-39-41-43-45-50(58)67-47-49(48-68-71(65,66)70-57-55(63)53(61)52(60)54(62)56(57)64)69-51(59)46-44-42-40-38-36-34-32-30-28-26-24-22-20-18-16-14-12-10-8-6-4-2/h17-20,49,52-57,60-64H,3-16,21-48H2,1-2H3,(H,65,66)/b19-17+,20-18+/t49-,52?,53-,54?,55?,56?,57?/m0/s1. The number of hydrogen-bond acceptors (Lipinski definition) is 12. The summed E-state index contributed by atoms with van der Waals surface area (Å²) >= 11 is 0. The minimum absolute atomic E-state index is 0.0990. The third-order valence-electron chi connectivity index (χ3n) is 13.8. The van der Waals surface area contributed by atoms with E-state index in [0.29, 0.717) is 12.8 Å². The van der Waals surface area contributed by atoms with Gasteiger partial charge in [-0.15, -0.1) is 0 Å². The molecule has 8 atom stereocenters. The summed E-state index contributed by atoms with van der Waals surface area (Å²) in [6.45, 7) is 3.35. The predicted molar refractivity (Wildman–Crippen MR) is 286 cm³/mol. The van der Waals surface area contributed by atoms with Gasteiger partial charge in [0.05, 0.1) is 6.61 Å². The number of phosphoric ester groups is 1. The number of hydrogen-bond donors (Lipinski definition) is 6. The summed E-state index contributed by atoms with van der Waals surface area (Å²) < 4.78 is 33.8. The highest BCUT2D eigenvalue weighted by Gasteiger charge is 2.51. The van der Waals surface area contributed by atoms with E-state index in [4.69, 9.17) is 18.5 Å². The molecule has 0 amide bonds. The Balaban J connectivity index is 2.32. The van der Waals surface area contributed by atoms with Gasteiger partial charge < -0.3 is 39.9 Å². The van der Waals surface area contributed by atoms with Gasteiger partial charge in [0, 0.05) is 12.8 Å². The van der Waals surface area contributed by atoms with Crippen LogP contribution in [0.25, 0.3) is 0 Å². The van der Waals surface area contributed by atoms with E-state index in [-0.39, 0.29) is 12.8 Å². The lowest BCUT2D eigenvalue weighted by molar-refractivity contribution is -0.220. The van der Waals surface area contributed by atoms with Gasteiger partial charge in [-0.05, 0) is 64.2 Å². The van der Waals surface area contributed by atoms with E-state index in [0.717, 1.165) is 44.9 Å². The summed E-state index contributed by atoms with van der Waals surface area (Å²) in [6.07, 6.45) is 42.2. The second-order valence-electron chi connectivity index (χ2n) is 20.5. The number of aliphatic hydroxyl groups is 5. The Kier molecular flexibility index (Phi) is 44.4. The van der Waals surface area contributed by atoms with Gasteiger partial charge in [0.2, 0.25) is 0 Å². The van der Waals surface area contributed by atoms with E-state index >= 15 is 0 Å². The molecule has 6 unspecified atom stereocenters. The molecule has 1 fully saturated rings. The maximum absolute atomic E-state index is 12.9. The van der Waals surface area contributed by atoms with Crippen molar-refractivity contribution in [2.75, 3.05) is 13.2 Å². The first-order chi connectivity index (χ1) is 34.4. The molecule has 1 aliphatic rings. The van der Waals surface area contributed by atoms with Gasteiger partial charge >= 0.3 is 19.8 Å². The van der Waals surface area contributed by atoms with Crippen molar-refractivity contribution in [3.63, 3.8) is 0 Å². The Bertz CT molecular complexity index is 1330. The highest BCUT2D eigenvalue weighted by molar-refractivity contribution is 7.47. The van der Waals surface area contributed by atoms with E-state index in [1.54, 1.807) is 0 Å². The Hall–Kier alpha value is -1.67. The van der Waals surface area contributed by atoms with Crippen LogP contribution in [0.5, 0.6) is 0 Å². The van der Waals surface area contributed by atoms with Gasteiger partial charge in [-0.25, -0.2) is 4.57 Å². The van der Waals surface area contributed by atoms with E-state index in [1.165, 1.54) is 186 Å². The molecule has 0 spiro atoms. The van der Waals surface area contributed by atoms with Crippen LogP contribution in [-0.2, 0) is 32.7 Å². The number of carbonyl (C=O) groups is 2. The molecule has 1 rings (SSSR count). The molecule has 0 bridgehead atoms. The van der Waals surface area contributed by atoms with Crippen molar-refractivity contribution in [1.29, 1.82) is 0 Å². The molecule has 0 radical (unpaired) electrons. The van der Waals surface area contributed by atoms with E-state index in [9.17, 15) is 44.6 Å². The fourth-order valence-corrected chi connectivity index (χ4v) is 10.1. The lowest BCUT2D eigenvalue weighted by Gasteiger charge is -2.41. The smallest absolute Gasteiger partial charge is 0.462 e. The van der Waals surface area contributed by atoms with Gasteiger partial charge in [-0.1, -0.05) is 218 Å². The second-order valence-corrected chi connectivity index (χ2v) is 21.9. The minimum atomic E-state index is -5.12. The summed E-state index contributed by atoms with van der Waals surface area (Å²) in [4.78, 5) is 36.0. The van der Waals surface area contributed by atoms with Crippen molar-refractivity contribution >= 4 is 19.8 Å². The van der Waals surface area contributed by atoms with Crippen LogP contribution in [0.2, 0.25) is 0 Å². The summed E-state index contributed by atoms with van der Waals surface area (Å²) in [6, 6.07) is 0. The van der Waals surface area contributed by atoms with Crippen molar-refractivity contribution in [3.05, 3.63) is 24.3 Å². The molecule has 1 saturated carbocycles. The van der Waals surface area contributed by atoms with Crippen LogP contribution >= 0.6 is 7.82 Å². The third-order valence-corrected chi connectivity index (χ3v) is 14.8. The SMILES string of the molecule is CCCCCCCC/C=C/CCCCCCCCCCCCCC(=O)OC[C@@H](COP(=O)(O)OC1C(O)C(O)C(O)[C@H](O)C1O)OC(=O)CCCCCCCCCCCCC/C=C/CCCCCCCC. The number of rotatable bonds is 50. The molecule has 0 heterocycles. The molecular formula is C57H107O13P. The Morgan fingerprint density at radius 1 is 0.423 bits per heavy atom. The zero-order valence-corrected chi connectivity index (χ0v) is 45.9. The van der Waals surface area contributed by atoms with Crippen molar-refractivity contribution in [2.24, 2.45) is 0 Å². The van der Waals surface area contributed by atoms with Gasteiger partial charge in [0.25, 0.3) is 0 Å². The predicted octanol–water partition coefficient (Wildman–Crippen LogP) is 13.5. The second kappa shape index (κ2) is 46.8. The maximum Gasteiger partial charge on any atom is 0.472 e. The molecule has 0 aromatic rings. The highest BCUT2D eigenvalue weighted by Crippen LogP contribution is 2.47. The number of esters is 2. The lowest BCUT2D eigenvalue weighted by Crippen LogP contribution is -2.64. The van der Waals surface area contributed by atoms with Crippen LogP contribution in [0.15, 0.2) is 24.3 Å². The minimum Gasteiger partial charge on any atom is -0.462 e. The van der Waals surface area contributed by atoms with Crippen LogP contribution in [-0.4, -0.2) is 98.3 Å². The number of ether oxygens (including phenoxy) is 2. The highest BCUT2D eigenvalue weighted by atomic mass is 31.2. The first-order valence-electron chi connectivity index (χ1n) is 29.1. The van der Waals surface area contributed by atoms with Gasteiger partial charge in [-0.3, -0.25) is 18.6 Å². The van der Waals surface area contributed by atoms with Crippen molar-refractivity contribution in [2.45, 2.75) is 313 Å². The molecule has 0 aliphatic heterocycles. The number of carbonyl (C=O) groups excluding carboxylic acids is 2. The van der Waals surface area contributed by atoms with Crippen LogP contribution in [0, 0.1) is 0 Å². The molecule has 6 N–H and O–H groups in total. The van der Waals surface area contributed by atoms with Crippen LogP contribution in [0.3, 0.4) is 0 Å². The van der Waals surface area contributed by atoms with E-state index in [2.05, 4.69) is 38.2 Å². The average molecular weight is 1030 g/mol. The third kappa shape index (κ3) is 38.5. The molecule has 1 aliphatic carbocycles. The van der Waals surface area contributed by atoms with Crippen LogP contribution in [0.1, 0.15) is 271 Å². The van der Waals surface area contributed by atoms with Gasteiger partial charge in [0.1, 0.15) is 43.2 Å². The fourth-order valence-electron chi connectivity index (χ4n) is 9.10. The topological polar surface area (TPSA) is 210 Å². The summed E-state index contributed by atoms with van der Waals surface area (Å²) in [7, 11) is -5.12. The van der Waals surface area contributed by atoms with Crippen LogP contribution in [0.4, 0.5) is 0 Å². The first-order valence-corrected chi connectivity index (χ1v) is 30.6. The monoisotopic (exact) mass is 1030 g/mol. The molecule has 0 saturated heterocycles.